The molecule has 130 valence electrons. The van der Waals surface area contributed by atoms with Crippen LogP contribution in [-0.4, -0.2) is 20.1 Å². The lowest BCUT2D eigenvalue weighted by Gasteiger charge is -2.10. The second-order valence-corrected chi connectivity index (χ2v) is 5.67. The monoisotopic (exact) mass is 339 g/mol. The van der Waals surface area contributed by atoms with E-state index in [0.29, 0.717) is 22.7 Å². The largest absolute Gasteiger partial charge is 0.493 e. The molecule has 0 spiro atoms. The maximum atomic E-state index is 12.5. The number of nitrogens with one attached hydrogen (secondary N) is 1. The van der Waals surface area contributed by atoms with Crippen molar-refractivity contribution in [1.82, 2.24) is 0 Å². The van der Waals surface area contributed by atoms with Gasteiger partial charge in [0.2, 0.25) is 0 Å². The summed E-state index contributed by atoms with van der Waals surface area (Å²) in [6.07, 6.45) is 0. The minimum Gasteiger partial charge on any atom is -0.493 e. The summed E-state index contributed by atoms with van der Waals surface area (Å²) in [4.78, 5) is 12.5. The highest BCUT2D eigenvalue weighted by Gasteiger charge is 2.12. The van der Waals surface area contributed by atoms with Crippen LogP contribution < -0.4 is 14.8 Å². The Balaban J connectivity index is 0.00000243. The van der Waals surface area contributed by atoms with Crippen molar-refractivity contribution in [2.75, 3.05) is 19.5 Å². The first-order chi connectivity index (χ1) is 12.0. The molecular formula is C20H21NO4. The fraction of sp³-hybridized carbons (Fsp3) is 0.150. The van der Waals surface area contributed by atoms with Gasteiger partial charge in [0.25, 0.3) is 5.91 Å². The van der Waals surface area contributed by atoms with Gasteiger partial charge < -0.3 is 19.2 Å². The number of amides is 1. The SMILES string of the molecule is C=C(C)c1cc2cc(NC(=O)c3ccc(OC)c(OC)c3)ccc2o1.[HH]. The van der Waals surface area contributed by atoms with Crippen molar-refractivity contribution in [3.63, 3.8) is 0 Å². The number of carbonyl (C=O) groups excluding carboxylic acids is 1. The van der Waals surface area contributed by atoms with E-state index in [9.17, 15) is 4.79 Å². The van der Waals surface area contributed by atoms with Crippen LogP contribution in [0.4, 0.5) is 5.69 Å². The fourth-order valence-electron chi connectivity index (χ4n) is 2.51. The molecule has 1 N–H and O–H groups in total. The van der Waals surface area contributed by atoms with Crippen molar-refractivity contribution >= 4 is 28.1 Å². The normalized spacial score (nSPS) is 10.5. The molecule has 0 bridgehead atoms. The molecule has 3 rings (SSSR count). The van der Waals surface area contributed by atoms with Crippen molar-refractivity contribution in [2.24, 2.45) is 0 Å². The number of fused-ring (bicyclic) bond motifs is 1. The van der Waals surface area contributed by atoms with Gasteiger partial charge in [-0.1, -0.05) is 6.58 Å². The molecule has 1 heterocycles. The Morgan fingerprint density at radius 3 is 2.52 bits per heavy atom. The van der Waals surface area contributed by atoms with E-state index in [0.717, 1.165) is 22.3 Å². The predicted octanol–water partition coefficient (Wildman–Crippen LogP) is 4.98. The highest BCUT2D eigenvalue weighted by Crippen LogP contribution is 2.29. The van der Waals surface area contributed by atoms with E-state index in [1.807, 2.05) is 25.1 Å². The Morgan fingerprint density at radius 1 is 1.08 bits per heavy atom. The number of hydrogen-bond donors (Lipinski definition) is 1. The molecule has 5 heteroatoms. The molecule has 0 fully saturated rings. The first kappa shape index (κ1) is 16.6. The van der Waals surface area contributed by atoms with Crippen LogP contribution in [0.25, 0.3) is 16.5 Å². The molecule has 0 radical (unpaired) electrons. The highest BCUT2D eigenvalue weighted by atomic mass is 16.5. The molecular weight excluding hydrogens is 318 g/mol. The van der Waals surface area contributed by atoms with Gasteiger partial charge in [-0.25, -0.2) is 0 Å². The van der Waals surface area contributed by atoms with Crippen LogP contribution in [-0.2, 0) is 0 Å². The zero-order valence-electron chi connectivity index (χ0n) is 14.4. The topological polar surface area (TPSA) is 60.7 Å². The third kappa shape index (κ3) is 3.35. The summed E-state index contributed by atoms with van der Waals surface area (Å²) >= 11 is 0. The van der Waals surface area contributed by atoms with E-state index in [2.05, 4.69) is 11.9 Å². The average Bonchev–Trinajstić information content (AvgIpc) is 3.04. The number of carbonyl (C=O) groups is 1. The summed E-state index contributed by atoms with van der Waals surface area (Å²) < 4.78 is 16.1. The summed E-state index contributed by atoms with van der Waals surface area (Å²) in [5.74, 6) is 1.58. The number of rotatable bonds is 5. The quantitative estimate of drug-likeness (QED) is 0.712. The molecule has 0 unspecified atom stereocenters. The zero-order chi connectivity index (χ0) is 18.0. The Morgan fingerprint density at radius 2 is 1.84 bits per heavy atom. The fourth-order valence-corrected chi connectivity index (χ4v) is 2.51. The van der Waals surface area contributed by atoms with Gasteiger partial charge >= 0.3 is 0 Å². The molecule has 1 amide bonds. The van der Waals surface area contributed by atoms with Gasteiger partial charge in [0, 0.05) is 18.1 Å². The molecule has 0 saturated heterocycles. The zero-order valence-corrected chi connectivity index (χ0v) is 14.4. The molecule has 3 aromatic rings. The molecule has 0 atom stereocenters. The minimum absolute atomic E-state index is 0. The first-order valence-electron chi connectivity index (χ1n) is 7.74. The third-order valence-corrected chi connectivity index (χ3v) is 3.84. The summed E-state index contributed by atoms with van der Waals surface area (Å²) in [6, 6.07) is 12.4. The van der Waals surface area contributed by atoms with Crippen LogP contribution in [0.3, 0.4) is 0 Å². The van der Waals surface area contributed by atoms with E-state index in [4.69, 9.17) is 13.9 Å². The third-order valence-electron chi connectivity index (χ3n) is 3.84. The van der Waals surface area contributed by atoms with Crippen LogP contribution in [0, 0.1) is 0 Å². The lowest BCUT2D eigenvalue weighted by atomic mass is 10.1. The first-order valence-corrected chi connectivity index (χ1v) is 7.74. The van der Waals surface area contributed by atoms with Gasteiger partial charge in [-0.2, -0.15) is 0 Å². The highest BCUT2D eigenvalue weighted by molar-refractivity contribution is 6.05. The lowest BCUT2D eigenvalue weighted by molar-refractivity contribution is 0.102. The molecule has 0 aliphatic heterocycles. The molecule has 0 aliphatic carbocycles. The summed E-state index contributed by atoms with van der Waals surface area (Å²) in [5.41, 5.74) is 2.77. The predicted molar refractivity (Wildman–Crippen MR) is 101 cm³/mol. The van der Waals surface area contributed by atoms with Crippen LogP contribution in [0.1, 0.15) is 24.5 Å². The van der Waals surface area contributed by atoms with E-state index in [1.54, 1.807) is 31.4 Å². The van der Waals surface area contributed by atoms with E-state index in [1.165, 1.54) is 7.11 Å². The van der Waals surface area contributed by atoms with E-state index < -0.39 is 0 Å². The van der Waals surface area contributed by atoms with Crippen molar-refractivity contribution in [1.29, 1.82) is 0 Å². The summed E-state index contributed by atoms with van der Waals surface area (Å²) in [6.45, 7) is 5.76. The second-order valence-electron chi connectivity index (χ2n) is 5.67. The maximum Gasteiger partial charge on any atom is 0.255 e. The number of methoxy groups -OCH3 is 2. The number of hydrogen-bond acceptors (Lipinski definition) is 4. The molecule has 0 aliphatic rings. The van der Waals surface area contributed by atoms with Gasteiger partial charge in [0.1, 0.15) is 11.3 Å². The van der Waals surface area contributed by atoms with Gasteiger partial charge in [-0.15, -0.1) is 0 Å². The number of ether oxygens (including phenoxy) is 2. The summed E-state index contributed by atoms with van der Waals surface area (Å²) in [5, 5.41) is 3.78. The van der Waals surface area contributed by atoms with Crippen LogP contribution in [0.15, 0.2) is 53.5 Å². The Labute approximate surface area is 147 Å². The van der Waals surface area contributed by atoms with Crippen molar-refractivity contribution in [3.8, 4) is 11.5 Å². The van der Waals surface area contributed by atoms with Gasteiger partial charge in [-0.3, -0.25) is 4.79 Å². The van der Waals surface area contributed by atoms with Crippen LogP contribution in [0.2, 0.25) is 0 Å². The molecule has 25 heavy (non-hydrogen) atoms. The number of anilines is 1. The molecule has 5 nitrogen and oxygen atoms in total. The van der Waals surface area contributed by atoms with Crippen molar-refractivity contribution in [2.45, 2.75) is 6.92 Å². The number of benzene rings is 2. The molecule has 1 aromatic heterocycles. The molecule has 2 aromatic carbocycles. The minimum atomic E-state index is -0.232. The molecule has 0 saturated carbocycles. The number of allylic oxidation sites excluding steroid dienone is 1. The van der Waals surface area contributed by atoms with E-state index >= 15 is 0 Å². The van der Waals surface area contributed by atoms with Crippen LogP contribution >= 0.6 is 0 Å². The standard InChI is InChI=1S/C20H19NO4.H2/c1-12(2)18-11-14-9-15(6-8-16(14)25-18)21-20(22)13-5-7-17(23-3)19(10-13)24-4;/h5-11H,1H2,2-4H3,(H,21,22);1H. The van der Waals surface area contributed by atoms with Gasteiger partial charge in [0.15, 0.2) is 11.5 Å². The number of furan rings is 1. The lowest BCUT2D eigenvalue weighted by Crippen LogP contribution is -2.12. The second kappa shape index (κ2) is 6.73. The summed E-state index contributed by atoms with van der Waals surface area (Å²) in [7, 11) is 3.09. The Hall–Kier alpha value is -3.21. The van der Waals surface area contributed by atoms with Crippen LogP contribution in [0.5, 0.6) is 11.5 Å². The smallest absolute Gasteiger partial charge is 0.255 e. The Kier molecular flexibility index (Phi) is 4.48. The average molecular weight is 339 g/mol. The van der Waals surface area contributed by atoms with Crippen molar-refractivity contribution < 1.29 is 20.1 Å². The van der Waals surface area contributed by atoms with E-state index in [-0.39, 0.29) is 7.33 Å². The Bertz CT molecular complexity index is 962. The van der Waals surface area contributed by atoms with Gasteiger partial charge in [-0.05, 0) is 55.0 Å². The maximum absolute atomic E-state index is 12.5. The van der Waals surface area contributed by atoms with Gasteiger partial charge in [0.05, 0.1) is 14.2 Å². The van der Waals surface area contributed by atoms with Crippen molar-refractivity contribution in [3.05, 3.63) is 60.4 Å².